The number of carbonyl (C=O) groups is 1. The molecule has 5 aliphatic carbocycles. The molecule has 0 amide bonds. The van der Waals surface area contributed by atoms with Crippen LogP contribution in [-0.4, -0.2) is 52.5 Å². The molecule has 2 heterocycles. The van der Waals surface area contributed by atoms with E-state index in [1.807, 2.05) is 0 Å². The zero-order valence-electron chi connectivity index (χ0n) is 26.9. The van der Waals surface area contributed by atoms with Crippen LogP contribution in [0.5, 0.6) is 0 Å². The predicted octanol–water partition coefficient (Wildman–Crippen LogP) is 6.26. The van der Waals surface area contributed by atoms with Crippen LogP contribution in [-0.2, 0) is 19.0 Å². The van der Waals surface area contributed by atoms with Gasteiger partial charge < -0.3 is 24.4 Å². The molecule has 6 nitrogen and oxygen atoms in total. The van der Waals surface area contributed by atoms with E-state index in [0.717, 1.165) is 38.5 Å². The summed E-state index contributed by atoms with van der Waals surface area (Å²) < 4.78 is 18.2. The lowest BCUT2D eigenvalue weighted by molar-refractivity contribution is -0.246. The summed E-state index contributed by atoms with van der Waals surface area (Å²) in [5.41, 5.74) is 0.0861. The van der Waals surface area contributed by atoms with E-state index in [-0.39, 0.29) is 69.0 Å². The predicted molar refractivity (Wildman–Crippen MR) is 156 cm³/mol. The smallest absolute Gasteiger partial charge is 0.306 e. The van der Waals surface area contributed by atoms with Gasteiger partial charge in [-0.1, -0.05) is 41.5 Å². The van der Waals surface area contributed by atoms with Gasteiger partial charge in [-0.3, -0.25) is 4.79 Å². The van der Waals surface area contributed by atoms with E-state index in [9.17, 15) is 15.0 Å². The lowest BCUT2D eigenvalue weighted by atomic mass is 9.37. The minimum absolute atomic E-state index is 0.00549. The lowest BCUT2D eigenvalue weighted by Gasteiger charge is -2.68. The first-order valence-electron chi connectivity index (χ1n) is 16.9. The molecule has 5 saturated carbocycles. The number of fused-ring (bicyclic) bond motifs is 3. The monoisotopic (exact) mass is 572 g/mol. The molecule has 2 aliphatic heterocycles. The fourth-order valence-electron chi connectivity index (χ4n) is 13.1. The maximum atomic E-state index is 12.7. The molecule has 6 heteroatoms. The number of aliphatic hydroxyl groups is 2. The average Bonchev–Trinajstić information content (AvgIpc) is 3.62. The Hall–Kier alpha value is -0.690. The minimum atomic E-state index is -0.700. The minimum Gasteiger partial charge on any atom is -0.462 e. The van der Waals surface area contributed by atoms with Gasteiger partial charge in [0, 0.05) is 23.2 Å². The van der Waals surface area contributed by atoms with Gasteiger partial charge in [0.15, 0.2) is 6.29 Å². The Bertz CT molecular complexity index is 1100. The number of esters is 1. The zero-order chi connectivity index (χ0) is 29.5. The van der Waals surface area contributed by atoms with E-state index in [2.05, 4.69) is 55.4 Å². The van der Waals surface area contributed by atoms with E-state index in [4.69, 9.17) is 14.2 Å². The first kappa shape index (κ1) is 29.0. The fourth-order valence-corrected chi connectivity index (χ4v) is 13.1. The number of aliphatic hydroxyl groups excluding tert-OH is 2. The molecule has 2 N–H and O–H groups in total. The molecular weight excluding hydrogens is 516 g/mol. The Morgan fingerprint density at radius 2 is 1.66 bits per heavy atom. The first-order chi connectivity index (χ1) is 19.0. The highest BCUT2D eigenvalue weighted by Crippen LogP contribution is 2.91. The topological polar surface area (TPSA) is 88.5 Å². The Morgan fingerprint density at radius 3 is 2.32 bits per heavy atom. The third-order valence-corrected chi connectivity index (χ3v) is 15.0. The normalized spacial score (nSPS) is 55.9. The van der Waals surface area contributed by atoms with Gasteiger partial charge in [0.1, 0.15) is 12.2 Å². The molecule has 7 rings (SSSR count). The molecule has 7 fully saturated rings. The Balaban J connectivity index is 1.13. The van der Waals surface area contributed by atoms with E-state index in [0.29, 0.717) is 30.1 Å². The molecule has 0 aromatic heterocycles. The van der Waals surface area contributed by atoms with Gasteiger partial charge in [-0.05, 0) is 112 Å². The highest BCUT2D eigenvalue weighted by atomic mass is 16.7. The molecule has 0 radical (unpaired) electrons. The van der Waals surface area contributed by atoms with Crippen molar-refractivity contribution >= 4 is 5.97 Å². The van der Waals surface area contributed by atoms with Crippen molar-refractivity contribution in [3.05, 3.63) is 0 Å². The summed E-state index contributed by atoms with van der Waals surface area (Å²) in [5, 5.41) is 23.4. The van der Waals surface area contributed by atoms with Crippen molar-refractivity contribution < 1.29 is 29.2 Å². The summed E-state index contributed by atoms with van der Waals surface area (Å²) >= 11 is 0. The molecule has 0 spiro atoms. The van der Waals surface area contributed by atoms with Gasteiger partial charge in [0.25, 0.3) is 0 Å². The quantitative estimate of drug-likeness (QED) is 0.299. The number of rotatable bonds is 5. The summed E-state index contributed by atoms with van der Waals surface area (Å²) in [4.78, 5) is 12.7. The van der Waals surface area contributed by atoms with Crippen LogP contribution >= 0.6 is 0 Å². The summed E-state index contributed by atoms with van der Waals surface area (Å²) in [6.07, 6.45) is 8.96. The SMILES string of the molecule is CC(C)CC(=O)O[C@H]1CC[C@]2(C)[C@H]3CC[C@]45C[C@]4(CC[C@H]5[C@@H]4C[C@H]([C@@H]5OC5(C)C)O[C@H]4O)[C@]3(C)[C@H](O)C[C@H]2C1(C)C. The van der Waals surface area contributed by atoms with Crippen molar-refractivity contribution in [2.75, 3.05) is 0 Å². The molecule has 2 saturated heterocycles. The standard InChI is InChI=1S/C35H56O6/c1-19(2)15-27(37)40-26-11-12-32(7)23-10-13-34-18-35(34,33(23,8)25(36)17-24(32)30(26,3)4)14-9-21(34)20-16-22(39-29(20)38)28-31(5,6)41-28/h19-26,28-29,36,38H,9-18H2,1-8H3/t20-,21-,22+,23+,24-,25+,26-,28-,29+,32+,33-,34+,35+/m0/s1. The van der Waals surface area contributed by atoms with E-state index >= 15 is 0 Å². The number of hydrogen-bond donors (Lipinski definition) is 2. The van der Waals surface area contributed by atoms with Crippen LogP contribution in [0.25, 0.3) is 0 Å². The maximum absolute atomic E-state index is 12.7. The van der Waals surface area contributed by atoms with E-state index < -0.39 is 6.29 Å². The number of epoxide rings is 1. The number of ether oxygens (including phenoxy) is 3. The van der Waals surface area contributed by atoms with Gasteiger partial charge in [-0.2, -0.15) is 0 Å². The van der Waals surface area contributed by atoms with Gasteiger partial charge in [-0.15, -0.1) is 0 Å². The van der Waals surface area contributed by atoms with Crippen LogP contribution in [0, 0.1) is 56.7 Å². The first-order valence-corrected chi connectivity index (χ1v) is 16.9. The van der Waals surface area contributed by atoms with Crippen LogP contribution in [0.1, 0.15) is 120 Å². The number of carbonyl (C=O) groups excluding carboxylic acids is 1. The summed E-state index contributed by atoms with van der Waals surface area (Å²) in [5.74, 6) is 1.64. The van der Waals surface area contributed by atoms with Gasteiger partial charge in [0.05, 0.1) is 17.8 Å². The van der Waals surface area contributed by atoms with Crippen molar-refractivity contribution in [2.24, 2.45) is 56.7 Å². The maximum Gasteiger partial charge on any atom is 0.306 e. The lowest BCUT2D eigenvalue weighted by Crippen LogP contribution is -2.66. The van der Waals surface area contributed by atoms with Crippen LogP contribution in [0.15, 0.2) is 0 Å². The fraction of sp³-hybridized carbons (Fsp3) is 0.971. The van der Waals surface area contributed by atoms with Crippen LogP contribution in [0.4, 0.5) is 0 Å². The van der Waals surface area contributed by atoms with Crippen molar-refractivity contribution in [1.82, 2.24) is 0 Å². The van der Waals surface area contributed by atoms with E-state index in [1.54, 1.807) is 0 Å². The molecule has 13 atom stereocenters. The van der Waals surface area contributed by atoms with Crippen molar-refractivity contribution in [3.8, 4) is 0 Å². The highest BCUT2D eigenvalue weighted by molar-refractivity contribution is 5.69. The molecule has 232 valence electrons. The Kier molecular flexibility index (Phi) is 6.18. The molecule has 41 heavy (non-hydrogen) atoms. The molecule has 0 aromatic rings. The summed E-state index contributed by atoms with van der Waals surface area (Å²) in [7, 11) is 0. The second kappa shape index (κ2) is 8.73. The van der Waals surface area contributed by atoms with Crippen LogP contribution in [0.3, 0.4) is 0 Å². The highest BCUT2D eigenvalue weighted by Gasteiger charge is 2.86. The van der Waals surface area contributed by atoms with E-state index in [1.165, 1.54) is 19.3 Å². The van der Waals surface area contributed by atoms with Crippen molar-refractivity contribution in [1.29, 1.82) is 0 Å². The average molecular weight is 573 g/mol. The summed E-state index contributed by atoms with van der Waals surface area (Å²) in [6.45, 7) is 17.9. The molecular formula is C35H56O6. The third kappa shape index (κ3) is 3.66. The molecule has 0 unspecified atom stereocenters. The number of hydrogen-bond acceptors (Lipinski definition) is 6. The largest absolute Gasteiger partial charge is 0.462 e. The zero-order valence-corrected chi connectivity index (χ0v) is 26.9. The second-order valence-electron chi connectivity index (χ2n) is 17.8. The van der Waals surface area contributed by atoms with Gasteiger partial charge in [0.2, 0.25) is 0 Å². The molecule has 0 aromatic carbocycles. The Morgan fingerprint density at radius 1 is 0.951 bits per heavy atom. The van der Waals surface area contributed by atoms with Crippen molar-refractivity contribution in [3.63, 3.8) is 0 Å². The van der Waals surface area contributed by atoms with Crippen molar-refractivity contribution in [2.45, 2.75) is 156 Å². The summed E-state index contributed by atoms with van der Waals surface area (Å²) in [6, 6.07) is 0. The van der Waals surface area contributed by atoms with Gasteiger partial charge >= 0.3 is 5.97 Å². The molecule has 7 aliphatic rings. The molecule has 0 bridgehead atoms. The third-order valence-electron chi connectivity index (χ3n) is 15.0. The Labute approximate surface area is 247 Å². The van der Waals surface area contributed by atoms with Crippen LogP contribution < -0.4 is 0 Å². The van der Waals surface area contributed by atoms with Gasteiger partial charge in [-0.25, -0.2) is 0 Å². The second-order valence-corrected chi connectivity index (χ2v) is 17.8. The van der Waals surface area contributed by atoms with Crippen LogP contribution in [0.2, 0.25) is 0 Å².